The minimum absolute atomic E-state index is 0.00658. The molecule has 0 aromatic heterocycles. The SMILES string of the molecule is CC(C)(C)c1ccc(-c2ccc(C(C)(C)C)c(NC(=O)[C@H]3CCC4C5CN=C6CC(=O)CC[C@]6(C)C5CC[C@@]43C)c2)cc1. The van der Waals surface area contributed by atoms with Crippen molar-refractivity contribution in [2.75, 3.05) is 11.9 Å². The lowest BCUT2D eigenvalue weighted by molar-refractivity contribution is -0.127. The van der Waals surface area contributed by atoms with Gasteiger partial charge in [-0.25, -0.2) is 0 Å². The minimum atomic E-state index is -0.0912. The molecule has 6 rings (SSSR count). The van der Waals surface area contributed by atoms with Gasteiger partial charge in [-0.05, 0) is 94.4 Å². The zero-order valence-electron chi connectivity index (χ0n) is 27.8. The topological polar surface area (TPSA) is 58.5 Å². The third kappa shape index (κ3) is 5.21. The van der Waals surface area contributed by atoms with Gasteiger partial charge in [0, 0.05) is 42.1 Å². The third-order valence-corrected chi connectivity index (χ3v) is 12.2. The van der Waals surface area contributed by atoms with Crippen molar-refractivity contribution in [3.05, 3.63) is 53.6 Å². The molecule has 0 bridgehead atoms. The summed E-state index contributed by atoms with van der Waals surface area (Å²) in [6.45, 7) is 19.0. The molecule has 4 heteroatoms. The number of aliphatic imine (C=N–C) groups is 1. The molecule has 1 heterocycles. The highest BCUT2D eigenvalue weighted by Crippen LogP contribution is 2.64. The molecule has 4 nitrogen and oxygen atoms in total. The van der Waals surface area contributed by atoms with Crippen molar-refractivity contribution in [2.45, 2.75) is 111 Å². The summed E-state index contributed by atoms with van der Waals surface area (Å²) in [6, 6.07) is 15.5. The Morgan fingerprint density at radius 3 is 2.23 bits per heavy atom. The molecule has 1 N–H and O–H groups in total. The van der Waals surface area contributed by atoms with Gasteiger partial charge in [-0.1, -0.05) is 91.8 Å². The van der Waals surface area contributed by atoms with E-state index >= 15 is 0 Å². The first-order chi connectivity index (χ1) is 20.1. The van der Waals surface area contributed by atoms with Crippen molar-refractivity contribution in [1.29, 1.82) is 0 Å². The highest BCUT2D eigenvalue weighted by atomic mass is 16.2. The average Bonchev–Trinajstić information content (AvgIpc) is 3.30. The summed E-state index contributed by atoms with van der Waals surface area (Å²) in [6.07, 6.45) is 6.47. The lowest BCUT2D eigenvalue weighted by atomic mass is 9.49. The summed E-state index contributed by atoms with van der Waals surface area (Å²) in [4.78, 5) is 31.6. The van der Waals surface area contributed by atoms with E-state index in [0.29, 0.717) is 36.4 Å². The van der Waals surface area contributed by atoms with Crippen molar-refractivity contribution >= 4 is 23.1 Å². The standard InChI is InChI=1S/C39H52N2O2/c1-36(2,3)26-12-9-24(10-13-26)25-11-14-31(37(4,5)6)33(21-25)41-35(43)32-16-15-29-28-23-40-34-22-27(42)17-19-39(34,8)30(28)18-20-38(29,32)7/h9-14,21,28-30,32H,15-20,22-23H2,1-8H3,(H,41,43)/t28?,29?,30?,32-,38+,39-/m1/s1. The Balaban J connectivity index is 1.26. The molecule has 4 aliphatic rings. The van der Waals surface area contributed by atoms with Crippen LogP contribution in [-0.4, -0.2) is 23.9 Å². The molecular weight excluding hydrogens is 528 g/mol. The first-order valence-electron chi connectivity index (χ1n) is 16.7. The molecule has 3 fully saturated rings. The molecule has 0 radical (unpaired) electrons. The summed E-state index contributed by atoms with van der Waals surface area (Å²) in [7, 11) is 0. The fraction of sp³-hybridized carbons (Fsp3) is 0.615. The molecule has 1 aliphatic heterocycles. The number of amides is 1. The van der Waals surface area contributed by atoms with Crippen LogP contribution in [0, 0.1) is 34.5 Å². The molecule has 6 atom stereocenters. The van der Waals surface area contributed by atoms with E-state index in [-0.39, 0.29) is 33.5 Å². The van der Waals surface area contributed by atoms with Gasteiger partial charge in [0.2, 0.25) is 5.91 Å². The zero-order valence-corrected chi connectivity index (χ0v) is 27.8. The number of benzene rings is 2. The van der Waals surface area contributed by atoms with Crippen LogP contribution in [0.1, 0.15) is 111 Å². The molecule has 230 valence electrons. The highest BCUT2D eigenvalue weighted by Gasteiger charge is 2.60. The molecule has 0 spiro atoms. The van der Waals surface area contributed by atoms with Gasteiger partial charge in [-0.2, -0.15) is 0 Å². The molecular formula is C39H52N2O2. The average molecular weight is 581 g/mol. The van der Waals surface area contributed by atoms with Gasteiger partial charge in [-0.3, -0.25) is 14.6 Å². The summed E-state index contributed by atoms with van der Waals surface area (Å²) < 4.78 is 0. The van der Waals surface area contributed by atoms with Crippen molar-refractivity contribution in [2.24, 2.45) is 39.5 Å². The van der Waals surface area contributed by atoms with Crippen LogP contribution in [0.5, 0.6) is 0 Å². The Hall–Kier alpha value is -2.75. The Morgan fingerprint density at radius 2 is 1.56 bits per heavy atom. The van der Waals surface area contributed by atoms with Crippen LogP contribution in [0.25, 0.3) is 11.1 Å². The van der Waals surface area contributed by atoms with Gasteiger partial charge in [0.05, 0.1) is 0 Å². The molecule has 3 saturated carbocycles. The second-order valence-electron chi connectivity index (χ2n) is 16.8. The Morgan fingerprint density at radius 1 is 0.860 bits per heavy atom. The number of fused-ring (bicyclic) bond motifs is 5. The van der Waals surface area contributed by atoms with Crippen LogP contribution in [0.4, 0.5) is 5.69 Å². The van der Waals surface area contributed by atoms with Gasteiger partial charge in [0.25, 0.3) is 0 Å². The van der Waals surface area contributed by atoms with Crippen LogP contribution in [0.2, 0.25) is 0 Å². The van der Waals surface area contributed by atoms with E-state index in [9.17, 15) is 9.59 Å². The summed E-state index contributed by atoms with van der Waals surface area (Å²) >= 11 is 0. The summed E-state index contributed by atoms with van der Waals surface area (Å²) in [5, 5.41) is 3.49. The van der Waals surface area contributed by atoms with E-state index in [1.54, 1.807) is 0 Å². The van der Waals surface area contributed by atoms with E-state index in [4.69, 9.17) is 4.99 Å². The lowest BCUT2D eigenvalue weighted by Crippen LogP contribution is -2.55. The number of hydrogen-bond acceptors (Lipinski definition) is 3. The number of nitrogens with zero attached hydrogens (tertiary/aromatic N) is 1. The molecule has 0 saturated heterocycles. The normalized spacial score (nSPS) is 32.4. The maximum atomic E-state index is 14.3. The molecule has 3 aliphatic carbocycles. The van der Waals surface area contributed by atoms with Crippen LogP contribution >= 0.6 is 0 Å². The van der Waals surface area contributed by atoms with Crippen molar-refractivity contribution < 1.29 is 9.59 Å². The van der Waals surface area contributed by atoms with Crippen molar-refractivity contribution in [1.82, 2.24) is 0 Å². The zero-order chi connectivity index (χ0) is 30.9. The van der Waals surface area contributed by atoms with Crippen LogP contribution in [0.3, 0.4) is 0 Å². The number of Topliss-reactive ketones (excluding diaryl/α,β-unsaturated/α-hetero) is 1. The van der Waals surface area contributed by atoms with Gasteiger partial charge in [0.1, 0.15) is 5.78 Å². The number of carbonyl (C=O) groups excluding carboxylic acids is 2. The second-order valence-corrected chi connectivity index (χ2v) is 16.8. The van der Waals surface area contributed by atoms with Crippen molar-refractivity contribution in [3.8, 4) is 11.1 Å². The van der Waals surface area contributed by atoms with E-state index in [2.05, 4.69) is 103 Å². The summed E-state index contributed by atoms with van der Waals surface area (Å²) in [5.41, 5.74) is 6.99. The third-order valence-electron chi connectivity index (χ3n) is 12.2. The van der Waals surface area contributed by atoms with E-state index in [1.165, 1.54) is 22.4 Å². The number of ketones is 1. The number of carbonyl (C=O) groups is 2. The van der Waals surface area contributed by atoms with Crippen LogP contribution in [-0.2, 0) is 20.4 Å². The molecule has 1 amide bonds. The van der Waals surface area contributed by atoms with Gasteiger partial charge in [0.15, 0.2) is 0 Å². The first-order valence-corrected chi connectivity index (χ1v) is 16.7. The molecule has 43 heavy (non-hydrogen) atoms. The molecule has 2 aromatic rings. The minimum Gasteiger partial charge on any atom is -0.326 e. The fourth-order valence-corrected chi connectivity index (χ4v) is 9.50. The number of nitrogens with one attached hydrogen (secondary N) is 1. The quantitative estimate of drug-likeness (QED) is 0.393. The van der Waals surface area contributed by atoms with Gasteiger partial charge >= 0.3 is 0 Å². The Kier molecular flexibility index (Phi) is 7.34. The number of anilines is 1. The fourth-order valence-electron chi connectivity index (χ4n) is 9.50. The second kappa shape index (κ2) is 10.4. The monoisotopic (exact) mass is 580 g/mol. The van der Waals surface area contributed by atoms with Gasteiger partial charge in [-0.15, -0.1) is 0 Å². The predicted molar refractivity (Wildman–Crippen MR) is 178 cm³/mol. The molecule has 2 aromatic carbocycles. The Labute approximate surface area is 259 Å². The van der Waals surface area contributed by atoms with Crippen LogP contribution in [0.15, 0.2) is 47.5 Å². The number of hydrogen-bond donors (Lipinski definition) is 1. The highest BCUT2D eigenvalue weighted by molar-refractivity contribution is 6.07. The largest absolute Gasteiger partial charge is 0.326 e. The predicted octanol–water partition coefficient (Wildman–Crippen LogP) is 9.16. The van der Waals surface area contributed by atoms with Crippen LogP contribution < -0.4 is 5.32 Å². The smallest absolute Gasteiger partial charge is 0.228 e. The van der Waals surface area contributed by atoms with E-state index < -0.39 is 0 Å². The van der Waals surface area contributed by atoms with Gasteiger partial charge < -0.3 is 5.32 Å². The van der Waals surface area contributed by atoms with Crippen molar-refractivity contribution in [3.63, 3.8) is 0 Å². The first kappa shape index (κ1) is 30.3. The Bertz CT molecular complexity index is 1460. The maximum absolute atomic E-state index is 14.3. The summed E-state index contributed by atoms with van der Waals surface area (Å²) in [5.74, 6) is 2.16. The molecule has 3 unspecified atom stereocenters. The van der Waals surface area contributed by atoms with E-state index in [1.807, 2.05) is 0 Å². The maximum Gasteiger partial charge on any atom is 0.228 e. The lowest BCUT2D eigenvalue weighted by Gasteiger charge is -2.56. The van der Waals surface area contributed by atoms with E-state index in [0.717, 1.165) is 49.9 Å². The number of rotatable bonds is 3.